The van der Waals surface area contributed by atoms with Crippen molar-refractivity contribution < 1.29 is 14.7 Å². The van der Waals surface area contributed by atoms with E-state index in [9.17, 15) is 9.59 Å². The first kappa shape index (κ1) is 12.0. The third-order valence-electron chi connectivity index (χ3n) is 2.46. The summed E-state index contributed by atoms with van der Waals surface area (Å²) >= 11 is 1.11. The molecule has 17 heavy (non-hydrogen) atoms. The average molecular weight is 255 g/mol. The number of amides is 1. The minimum absolute atomic E-state index is 0.0104. The Morgan fingerprint density at radius 1 is 1.65 bits per heavy atom. The number of aromatic nitrogens is 1. The fourth-order valence-corrected chi connectivity index (χ4v) is 2.36. The van der Waals surface area contributed by atoms with Gasteiger partial charge in [-0.1, -0.05) is 0 Å². The van der Waals surface area contributed by atoms with Crippen molar-refractivity contribution in [3.63, 3.8) is 0 Å². The SMILES string of the molecule is O=C1CN(Cc2csc(C(=O)O)n2)CCCN1. The third kappa shape index (κ3) is 3.24. The highest BCUT2D eigenvalue weighted by Crippen LogP contribution is 2.12. The number of nitrogens with one attached hydrogen (secondary N) is 1. The lowest BCUT2D eigenvalue weighted by Crippen LogP contribution is -2.32. The number of carbonyl (C=O) groups excluding carboxylic acids is 1. The molecular weight excluding hydrogens is 242 g/mol. The van der Waals surface area contributed by atoms with E-state index in [-0.39, 0.29) is 10.9 Å². The van der Waals surface area contributed by atoms with Gasteiger partial charge in [-0.05, 0) is 6.42 Å². The van der Waals surface area contributed by atoms with Crippen molar-refractivity contribution in [1.82, 2.24) is 15.2 Å². The Kier molecular flexibility index (Phi) is 3.70. The van der Waals surface area contributed by atoms with Gasteiger partial charge in [-0.3, -0.25) is 9.69 Å². The molecule has 0 bridgehead atoms. The molecule has 0 atom stereocenters. The number of thiazole rings is 1. The molecule has 0 unspecified atom stereocenters. The van der Waals surface area contributed by atoms with Crippen LogP contribution in [0.3, 0.4) is 0 Å². The molecule has 1 fully saturated rings. The minimum Gasteiger partial charge on any atom is -0.476 e. The van der Waals surface area contributed by atoms with Crippen LogP contribution in [0.5, 0.6) is 0 Å². The van der Waals surface area contributed by atoms with E-state index in [0.717, 1.165) is 24.3 Å². The summed E-state index contributed by atoms with van der Waals surface area (Å²) in [6.45, 7) is 2.39. The lowest BCUT2D eigenvalue weighted by molar-refractivity contribution is -0.121. The number of carbonyl (C=O) groups is 2. The molecule has 1 aliphatic rings. The van der Waals surface area contributed by atoms with Gasteiger partial charge in [0.05, 0.1) is 12.2 Å². The fourth-order valence-electron chi connectivity index (χ4n) is 1.71. The first-order valence-electron chi connectivity index (χ1n) is 5.32. The monoisotopic (exact) mass is 255 g/mol. The molecule has 1 aromatic heterocycles. The number of nitrogens with zero attached hydrogens (tertiary/aromatic N) is 2. The summed E-state index contributed by atoms with van der Waals surface area (Å²) in [5.74, 6) is -0.994. The number of aromatic carboxylic acids is 1. The van der Waals surface area contributed by atoms with E-state index in [1.165, 1.54) is 0 Å². The Labute approximate surface area is 102 Å². The minimum atomic E-state index is -1.00. The van der Waals surface area contributed by atoms with Crippen LogP contribution in [-0.2, 0) is 11.3 Å². The van der Waals surface area contributed by atoms with Gasteiger partial charge in [0.15, 0.2) is 0 Å². The topological polar surface area (TPSA) is 82.5 Å². The Morgan fingerprint density at radius 3 is 3.18 bits per heavy atom. The zero-order chi connectivity index (χ0) is 12.3. The third-order valence-corrected chi connectivity index (χ3v) is 3.34. The average Bonchev–Trinajstić information content (AvgIpc) is 2.63. The van der Waals surface area contributed by atoms with Gasteiger partial charge in [-0.15, -0.1) is 11.3 Å². The van der Waals surface area contributed by atoms with Crippen molar-refractivity contribution >= 4 is 23.2 Å². The van der Waals surface area contributed by atoms with Gasteiger partial charge in [0.2, 0.25) is 10.9 Å². The van der Waals surface area contributed by atoms with E-state index < -0.39 is 5.97 Å². The molecule has 1 saturated heterocycles. The molecule has 0 aliphatic carbocycles. The van der Waals surface area contributed by atoms with E-state index in [1.54, 1.807) is 5.38 Å². The zero-order valence-electron chi connectivity index (χ0n) is 9.18. The highest BCUT2D eigenvalue weighted by molar-refractivity contribution is 7.11. The quantitative estimate of drug-likeness (QED) is 0.804. The highest BCUT2D eigenvalue weighted by Gasteiger charge is 2.16. The van der Waals surface area contributed by atoms with Crippen LogP contribution in [0.1, 0.15) is 21.9 Å². The standard InChI is InChI=1S/C10H13N3O3S/c14-8-5-13(3-1-2-11-8)4-7-6-17-9(12-7)10(15)16/h6H,1-5H2,(H,11,14)(H,15,16). The molecule has 0 spiro atoms. The second-order valence-corrected chi connectivity index (χ2v) is 4.72. The Morgan fingerprint density at radius 2 is 2.47 bits per heavy atom. The van der Waals surface area contributed by atoms with E-state index in [1.807, 2.05) is 4.90 Å². The molecule has 92 valence electrons. The second-order valence-electron chi connectivity index (χ2n) is 3.86. The van der Waals surface area contributed by atoms with Gasteiger partial charge >= 0.3 is 5.97 Å². The largest absolute Gasteiger partial charge is 0.476 e. The van der Waals surface area contributed by atoms with Gasteiger partial charge in [-0.2, -0.15) is 0 Å². The van der Waals surface area contributed by atoms with Crippen LogP contribution < -0.4 is 5.32 Å². The maximum atomic E-state index is 11.3. The maximum Gasteiger partial charge on any atom is 0.365 e. The van der Waals surface area contributed by atoms with Crippen molar-refractivity contribution in [2.45, 2.75) is 13.0 Å². The van der Waals surface area contributed by atoms with Crippen molar-refractivity contribution in [1.29, 1.82) is 0 Å². The summed E-state index contributed by atoms with van der Waals surface area (Å²) in [5, 5.41) is 13.4. The van der Waals surface area contributed by atoms with Crippen molar-refractivity contribution in [3.8, 4) is 0 Å². The molecular formula is C10H13N3O3S. The van der Waals surface area contributed by atoms with Gasteiger partial charge in [0.25, 0.3) is 0 Å². The normalized spacial score (nSPS) is 17.5. The summed E-state index contributed by atoms with van der Waals surface area (Å²) in [6, 6.07) is 0. The summed E-state index contributed by atoms with van der Waals surface area (Å²) in [5.41, 5.74) is 0.710. The molecule has 2 N–H and O–H groups in total. The number of hydrogen-bond acceptors (Lipinski definition) is 5. The first-order chi connectivity index (χ1) is 8.15. The van der Waals surface area contributed by atoms with Crippen molar-refractivity contribution in [3.05, 3.63) is 16.1 Å². The molecule has 1 aromatic rings. The number of rotatable bonds is 3. The molecule has 0 saturated carbocycles. The second kappa shape index (κ2) is 5.24. The highest BCUT2D eigenvalue weighted by atomic mass is 32.1. The van der Waals surface area contributed by atoms with Crippen LogP contribution in [0.4, 0.5) is 0 Å². The van der Waals surface area contributed by atoms with Gasteiger partial charge in [-0.25, -0.2) is 9.78 Å². The maximum absolute atomic E-state index is 11.3. The lowest BCUT2D eigenvalue weighted by Gasteiger charge is -2.16. The van der Waals surface area contributed by atoms with E-state index in [2.05, 4.69) is 10.3 Å². The summed E-state index contributed by atoms with van der Waals surface area (Å²) in [7, 11) is 0. The smallest absolute Gasteiger partial charge is 0.365 e. The van der Waals surface area contributed by atoms with Crippen LogP contribution in [0.25, 0.3) is 0 Å². The van der Waals surface area contributed by atoms with Crippen LogP contribution in [0, 0.1) is 0 Å². The molecule has 0 aromatic carbocycles. The van der Waals surface area contributed by atoms with E-state index in [0.29, 0.717) is 25.3 Å². The summed E-state index contributed by atoms with van der Waals surface area (Å²) in [4.78, 5) is 28.0. The van der Waals surface area contributed by atoms with E-state index in [4.69, 9.17) is 5.11 Å². The predicted molar refractivity (Wildman–Crippen MR) is 62.0 cm³/mol. The van der Waals surface area contributed by atoms with Gasteiger partial charge < -0.3 is 10.4 Å². The number of carboxylic acids is 1. The molecule has 2 rings (SSSR count). The van der Waals surface area contributed by atoms with E-state index >= 15 is 0 Å². The number of hydrogen-bond donors (Lipinski definition) is 2. The molecule has 1 aliphatic heterocycles. The van der Waals surface area contributed by atoms with Crippen molar-refractivity contribution in [2.75, 3.05) is 19.6 Å². The zero-order valence-corrected chi connectivity index (χ0v) is 10.00. The van der Waals surface area contributed by atoms with Crippen LogP contribution >= 0.6 is 11.3 Å². The van der Waals surface area contributed by atoms with Crippen LogP contribution in [-0.4, -0.2) is 46.5 Å². The number of carboxylic acid groups (broad SMARTS) is 1. The Bertz CT molecular complexity index is 432. The predicted octanol–water partition coefficient (Wildman–Crippen LogP) is 0.163. The Hall–Kier alpha value is -1.47. The molecule has 1 amide bonds. The Balaban J connectivity index is 1.98. The van der Waals surface area contributed by atoms with Gasteiger partial charge in [0, 0.05) is 25.0 Å². The van der Waals surface area contributed by atoms with Crippen LogP contribution in [0.15, 0.2) is 5.38 Å². The molecule has 7 heteroatoms. The molecule has 2 heterocycles. The molecule has 6 nitrogen and oxygen atoms in total. The lowest BCUT2D eigenvalue weighted by atomic mass is 10.3. The fraction of sp³-hybridized carbons (Fsp3) is 0.500. The first-order valence-corrected chi connectivity index (χ1v) is 6.20. The summed E-state index contributed by atoms with van der Waals surface area (Å²) in [6.07, 6.45) is 0.904. The summed E-state index contributed by atoms with van der Waals surface area (Å²) < 4.78 is 0. The van der Waals surface area contributed by atoms with Gasteiger partial charge in [0.1, 0.15) is 0 Å². The molecule has 0 radical (unpaired) electrons. The van der Waals surface area contributed by atoms with Crippen LogP contribution in [0.2, 0.25) is 0 Å². The van der Waals surface area contributed by atoms with Crippen molar-refractivity contribution in [2.24, 2.45) is 0 Å².